The zero-order valence-electron chi connectivity index (χ0n) is 27.7. The zero-order valence-corrected chi connectivity index (χ0v) is 27.7. The zero-order chi connectivity index (χ0) is 32.3. The van der Waals surface area contributed by atoms with Crippen LogP contribution in [0.3, 0.4) is 0 Å². The van der Waals surface area contributed by atoms with Crippen LogP contribution < -0.4 is 4.90 Å². The predicted octanol–water partition coefficient (Wildman–Crippen LogP) is 11.7. The van der Waals surface area contributed by atoms with Gasteiger partial charge in [-0.05, 0) is 110 Å². The number of benzene rings is 6. The van der Waals surface area contributed by atoms with Crippen LogP contribution in [0.4, 0.5) is 17.1 Å². The molecule has 7 aromatic rings. The number of hydrogen-bond acceptors (Lipinski definition) is 1. The molecule has 0 unspecified atom stereocenters. The van der Waals surface area contributed by atoms with Crippen LogP contribution in [-0.4, -0.2) is 4.57 Å². The number of fused-ring (bicyclic) bond motifs is 7. The van der Waals surface area contributed by atoms with Crippen molar-refractivity contribution in [2.24, 2.45) is 0 Å². The van der Waals surface area contributed by atoms with E-state index in [0.29, 0.717) is 0 Å². The molecule has 0 saturated carbocycles. The molecule has 1 aromatic heterocycles. The number of aromatic nitrogens is 1. The van der Waals surface area contributed by atoms with Gasteiger partial charge in [0.1, 0.15) is 0 Å². The van der Waals surface area contributed by atoms with E-state index in [9.17, 15) is 0 Å². The Morgan fingerprint density at radius 1 is 0.553 bits per heavy atom. The van der Waals surface area contributed by atoms with Gasteiger partial charge in [-0.3, -0.25) is 0 Å². The van der Waals surface area contributed by atoms with Gasteiger partial charge in [0.05, 0.1) is 5.52 Å². The van der Waals surface area contributed by atoms with Gasteiger partial charge in [0, 0.05) is 55.4 Å². The molecule has 0 fully saturated rings. The lowest BCUT2D eigenvalue weighted by atomic mass is 9.81. The quantitative estimate of drug-likeness (QED) is 0.182. The van der Waals surface area contributed by atoms with Crippen molar-refractivity contribution in [3.63, 3.8) is 0 Å². The second-order valence-corrected chi connectivity index (χ2v) is 14.1. The van der Waals surface area contributed by atoms with Crippen molar-refractivity contribution in [2.75, 3.05) is 4.90 Å². The third-order valence-corrected chi connectivity index (χ3v) is 9.62. The van der Waals surface area contributed by atoms with Crippen molar-refractivity contribution >= 4 is 38.9 Å². The second-order valence-electron chi connectivity index (χ2n) is 14.1. The summed E-state index contributed by atoms with van der Waals surface area (Å²) in [6, 6.07) is 49.8. The first kappa shape index (κ1) is 28.9. The van der Waals surface area contributed by atoms with E-state index in [1.54, 1.807) is 0 Å². The molecule has 6 aromatic carbocycles. The summed E-state index contributed by atoms with van der Waals surface area (Å²) in [5.41, 5.74) is 13.2. The molecule has 1 aliphatic carbocycles. The molecule has 47 heavy (non-hydrogen) atoms. The molecule has 0 saturated heterocycles. The molecule has 2 heteroatoms. The maximum Gasteiger partial charge on any atom is 0.0544 e. The molecule has 0 spiro atoms. The summed E-state index contributed by atoms with van der Waals surface area (Å²) in [6.45, 7) is 11.7. The maximum atomic E-state index is 3.49. The summed E-state index contributed by atoms with van der Waals surface area (Å²) in [6.07, 6.45) is 0. The largest absolute Gasteiger partial charge is 0.335 e. The molecule has 8 rings (SSSR count). The van der Waals surface area contributed by atoms with E-state index in [1.165, 1.54) is 44.1 Å². The highest BCUT2D eigenvalue weighted by atomic mass is 15.1. The summed E-state index contributed by atoms with van der Waals surface area (Å²) >= 11 is 0. The van der Waals surface area contributed by atoms with E-state index in [0.717, 1.165) is 28.2 Å². The van der Waals surface area contributed by atoms with Crippen LogP contribution >= 0.6 is 0 Å². The van der Waals surface area contributed by atoms with Gasteiger partial charge < -0.3 is 9.47 Å². The van der Waals surface area contributed by atoms with Crippen molar-refractivity contribution in [1.82, 2.24) is 4.57 Å². The molecule has 0 N–H and O–H groups in total. The summed E-state index contributed by atoms with van der Waals surface area (Å²) in [5, 5.41) is 2.65. The Morgan fingerprint density at radius 2 is 1.11 bits per heavy atom. The fourth-order valence-electron chi connectivity index (χ4n) is 7.56. The first-order chi connectivity index (χ1) is 22.7. The van der Waals surface area contributed by atoms with Crippen LogP contribution in [0.1, 0.15) is 56.9 Å². The minimum atomic E-state index is -0.167. The first-order valence-corrected chi connectivity index (χ1v) is 16.5. The third-order valence-electron chi connectivity index (χ3n) is 9.62. The van der Waals surface area contributed by atoms with Crippen LogP contribution in [0.15, 0.2) is 140 Å². The van der Waals surface area contributed by atoms with Gasteiger partial charge in [0.15, 0.2) is 0 Å². The van der Waals surface area contributed by atoms with Crippen molar-refractivity contribution in [1.29, 1.82) is 0 Å². The molecule has 1 heterocycles. The van der Waals surface area contributed by atoms with Crippen molar-refractivity contribution in [2.45, 2.75) is 45.6 Å². The summed E-state index contributed by atoms with van der Waals surface area (Å²) in [7, 11) is 0. The van der Waals surface area contributed by atoms with Crippen LogP contribution in [0.2, 0.25) is 0 Å². The van der Waals surface area contributed by atoms with Crippen LogP contribution in [0.25, 0.3) is 32.9 Å². The van der Waals surface area contributed by atoms with Gasteiger partial charge >= 0.3 is 0 Å². The topological polar surface area (TPSA) is 8.17 Å². The van der Waals surface area contributed by atoms with Crippen molar-refractivity contribution in [3.05, 3.63) is 162 Å². The minimum absolute atomic E-state index is 0.0628. The molecule has 228 valence electrons. The molecule has 0 amide bonds. The lowest BCUT2D eigenvalue weighted by molar-refractivity contribution is 0.421. The lowest BCUT2D eigenvalue weighted by Crippen LogP contribution is -2.24. The van der Waals surface area contributed by atoms with Gasteiger partial charge in [-0.1, -0.05) is 98.5 Å². The number of nitrogens with zero attached hydrogens (tertiary/aromatic N) is 2. The van der Waals surface area contributed by atoms with E-state index in [1.807, 2.05) is 0 Å². The Morgan fingerprint density at radius 3 is 1.77 bits per heavy atom. The van der Waals surface area contributed by atoms with Crippen LogP contribution in [-0.2, 0) is 11.0 Å². The van der Waals surface area contributed by atoms with Crippen LogP contribution in [0.5, 0.6) is 0 Å². The summed E-state index contributed by atoms with van der Waals surface area (Å²) < 4.78 is 2.56. The monoisotopic (exact) mass is 606 g/mol. The Bertz CT molecular complexity index is 2300. The molecule has 0 radical (unpaired) electrons. The molecule has 0 bridgehead atoms. The average Bonchev–Trinajstić information content (AvgIpc) is 3.54. The Labute approximate surface area is 277 Å². The van der Waals surface area contributed by atoms with Gasteiger partial charge in [0.2, 0.25) is 0 Å². The van der Waals surface area contributed by atoms with E-state index in [-0.39, 0.29) is 11.0 Å². The van der Waals surface area contributed by atoms with Gasteiger partial charge in [-0.25, -0.2) is 0 Å². The van der Waals surface area contributed by atoms with E-state index in [2.05, 4.69) is 195 Å². The minimum Gasteiger partial charge on any atom is -0.335 e. The number of rotatable bonds is 3. The predicted molar refractivity (Wildman–Crippen MR) is 199 cm³/mol. The Kier molecular flexibility index (Phi) is 6.64. The van der Waals surface area contributed by atoms with E-state index < -0.39 is 0 Å². The fourth-order valence-corrected chi connectivity index (χ4v) is 7.56. The normalized spacial score (nSPS) is 13.2. The highest BCUT2D eigenvalue weighted by Gasteiger charge is 2.39. The standard InChI is InChI=1S/C45H38N2/c1-44(2,3)47-41-19-13-12-18-37(41)39-29-28-38-36-27-24-32(30-40(36)45(4,5)42(38)43(39)47)21-20-31-22-25-35(26-23-31)46(33-14-8-6-9-15-33)34-16-10-7-11-17-34/h6-19,22-30H,1-5H3. The molecular weight excluding hydrogens is 569 g/mol. The van der Waals surface area contributed by atoms with Crippen molar-refractivity contribution < 1.29 is 0 Å². The lowest BCUT2D eigenvalue weighted by Gasteiger charge is -2.29. The first-order valence-electron chi connectivity index (χ1n) is 16.5. The van der Waals surface area contributed by atoms with E-state index in [4.69, 9.17) is 0 Å². The maximum absolute atomic E-state index is 3.49. The fraction of sp³-hybridized carbons (Fsp3) is 0.156. The van der Waals surface area contributed by atoms with Crippen LogP contribution in [0, 0.1) is 11.8 Å². The third kappa shape index (κ3) is 4.74. The Hall–Kier alpha value is -5.52. The van der Waals surface area contributed by atoms with E-state index >= 15 is 0 Å². The van der Waals surface area contributed by atoms with Gasteiger partial charge in [0.25, 0.3) is 0 Å². The molecule has 0 atom stereocenters. The molecular formula is C45H38N2. The summed E-state index contributed by atoms with van der Waals surface area (Å²) in [4.78, 5) is 2.27. The molecule has 0 aliphatic heterocycles. The van der Waals surface area contributed by atoms with Crippen molar-refractivity contribution in [3.8, 4) is 23.0 Å². The smallest absolute Gasteiger partial charge is 0.0544 e. The summed E-state index contributed by atoms with van der Waals surface area (Å²) in [5.74, 6) is 6.94. The Balaban J connectivity index is 1.16. The highest BCUT2D eigenvalue weighted by molar-refractivity contribution is 6.12. The number of anilines is 3. The SMILES string of the molecule is CC1(C)c2cc(C#Cc3ccc(N(c4ccccc4)c4ccccc4)cc3)ccc2-c2ccc3c4ccccc4n(C(C)(C)C)c3c21. The molecule has 2 nitrogen and oxygen atoms in total. The van der Waals surface area contributed by atoms with Gasteiger partial charge in [-0.15, -0.1) is 0 Å². The van der Waals surface area contributed by atoms with Gasteiger partial charge in [-0.2, -0.15) is 0 Å². The second kappa shape index (κ2) is 10.8. The number of para-hydroxylation sites is 3. The number of hydrogen-bond donors (Lipinski definition) is 0. The molecule has 1 aliphatic rings. The average molecular weight is 607 g/mol. The highest BCUT2D eigenvalue weighted by Crippen LogP contribution is 2.53.